The fourth-order valence-electron chi connectivity index (χ4n) is 8.26. The standard InChI is InChI=1S/C56H48Cl4N2O4/c1-5-35-17-27-43(47(29-35)61-33-37-13-9-7-10-14-37)45(39-19-23-41(64-3)24-20-39)31-56(50-49(55(63)66-56)51(57)53(59)54(60)52(50)58)32-46(40-21-25-42(65-4)26-22-40)44-28-18-36(6-2)30-48(44)62-34-38-15-11-8-12-16-38/h7-32,61-62H,5-6,33-34H2,1-4H3. The van der Waals surface area contributed by atoms with Crippen LogP contribution < -0.4 is 20.1 Å². The van der Waals surface area contributed by atoms with E-state index in [1.807, 2.05) is 97.1 Å². The van der Waals surface area contributed by atoms with Crippen molar-refractivity contribution < 1.29 is 19.0 Å². The molecule has 2 N–H and O–H groups in total. The SMILES string of the molecule is CCc1ccc(C(=CC2(C=C(c3ccc(OC)cc3)c3ccc(CC)cc3NCc3ccccc3)OC(=O)c3c(Cl)c(Cl)c(Cl)c(Cl)c32)c2ccc(OC)cc2)c(NCc2ccccc2)c1. The lowest BCUT2D eigenvalue weighted by Gasteiger charge is -2.28. The number of hydrogen-bond acceptors (Lipinski definition) is 6. The van der Waals surface area contributed by atoms with Gasteiger partial charge in [0.1, 0.15) is 11.5 Å². The molecule has 7 aromatic rings. The highest BCUT2D eigenvalue weighted by molar-refractivity contribution is 6.53. The van der Waals surface area contributed by atoms with Gasteiger partial charge in [0.2, 0.25) is 0 Å². The third-order valence-corrected chi connectivity index (χ3v) is 13.7. The minimum Gasteiger partial charge on any atom is -0.497 e. The summed E-state index contributed by atoms with van der Waals surface area (Å²) in [6.07, 6.45) is 5.52. The Morgan fingerprint density at radius 3 is 1.38 bits per heavy atom. The summed E-state index contributed by atoms with van der Waals surface area (Å²) in [7, 11) is 3.26. The average molecular weight is 955 g/mol. The molecule has 8 rings (SSSR count). The van der Waals surface area contributed by atoms with Crippen LogP contribution in [-0.4, -0.2) is 20.2 Å². The van der Waals surface area contributed by atoms with Crippen LogP contribution in [0.1, 0.15) is 74.3 Å². The Balaban J connectivity index is 1.47. The number of ether oxygens (including phenoxy) is 3. The third-order valence-electron chi connectivity index (χ3n) is 11.9. The number of carbonyl (C=O) groups is 1. The molecule has 1 aliphatic rings. The Hall–Kier alpha value is -6.15. The number of hydrogen-bond donors (Lipinski definition) is 2. The van der Waals surface area contributed by atoms with E-state index >= 15 is 0 Å². The number of anilines is 2. The summed E-state index contributed by atoms with van der Waals surface area (Å²) in [6, 6.07) is 48.7. The number of nitrogens with one attached hydrogen (secondary N) is 2. The number of aryl methyl sites for hydroxylation is 2. The number of fused-ring (bicyclic) bond motifs is 1. The van der Waals surface area contributed by atoms with Crippen LogP contribution in [0.25, 0.3) is 11.1 Å². The molecule has 0 fully saturated rings. The Labute approximate surface area is 406 Å². The van der Waals surface area contributed by atoms with E-state index in [-0.39, 0.29) is 31.2 Å². The molecule has 6 nitrogen and oxygen atoms in total. The van der Waals surface area contributed by atoms with Crippen LogP contribution in [0.15, 0.2) is 158 Å². The van der Waals surface area contributed by atoms with Gasteiger partial charge in [-0.1, -0.05) is 169 Å². The summed E-state index contributed by atoms with van der Waals surface area (Å²) in [4.78, 5) is 14.6. The van der Waals surface area contributed by atoms with Crippen molar-refractivity contribution in [1.29, 1.82) is 0 Å². The highest BCUT2D eigenvalue weighted by Crippen LogP contribution is 2.54. The lowest BCUT2D eigenvalue weighted by Crippen LogP contribution is -2.23. The van der Waals surface area contributed by atoms with E-state index in [0.29, 0.717) is 24.6 Å². The quantitative estimate of drug-likeness (QED) is 0.0571. The molecular formula is C56H48Cl4N2O4. The first-order chi connectivity index (χ1) is 32.1. The van der Waals surface area contributed by atoms with E-state index in [9.17, 15) is 4.79 Å². The zero-order chi connectivity index (χ0) is 46.4. The number of methoxy groups -OCH3 is 2. The molecule has 0 aliphatic carbocycles. The van der Waals surface area contributed by atoms with Crippen LogP contribution in [0.4, 0.5) is 11.4 Å². The highest BCUT2D eigenvalue weighted by atomic mass is 35.5. The van der Waals surface area contributed by atoms with Gasteiger partial charge in [0.15, 0.2) is 5.60 Å². The summed E-state index contributed by atoms with van der Waals surface area (Å²) >= 11 is 28.0. The van der Waals surface area contributed by atoms with Crippen molar-refractivity contribution in [2.45, 2.75) is 45.4 Å². The maximum Gasteiger partial charge on any atom is 0.341 e. The van der Waals surface area contributed by atoms with E-state index in [1.54, 1.807) is 14.2 Å². The van der Waals surface area contributed by atoms with Gasteiger partial charge in [-0.3, -0.25) is 0 Å². The molecule has 0 radical (unpaired) electrons. The maximum atomic E-state index is 14.6. The number of halogens is 4. The van der Waals surface area contributed by atoms with E-state index in [2.05, 4.69) is 85.1 Å². The Morgan fingerprint density at radius 1 is 0.545 bits per heavy atom. The molecule has 1 heterocycles. The second kappa shape index (κ2) is 20.6. The number of cyclic esters (lactones) is 1. The van der Waals surface area contributed by atoms with E-state index < -0.39 is 11.6 Å². The van der Waals surface area contributed by atoms with Gasteiger partial charge in [-0.05, 0) is 106 Å². The van der Waals surface area contributed by atoms with Gasteiger partial charge < -0.3 is 24.8 Å². The Bertz CT molecular complexity index is 2780. The number of esters is 1. The van der Waals surface area contributed by atoms with Crippen LogP contribution in [0.5, 0.6) is 11.5 Å². The van der Waals surface area contributed by atoms with E-state index in [4.69, 9.17) is 60.6 Å². The maximum absolute atomic E-state index is 14.6. The number of carbonyl (C=O) groups excluding carboxylic acids is 1. The fourth-order valence-corrected chi connectivity index (χ4v) is 9.34. The Morgan fingerprint density at radius 2 is 0.970 bits per heavy atom. The normalized spacial score (nSPS) is 14.7. The number of benzene rings is 7. The van der Waals surface area contributed by atoms with Crippen molar-refractivity contribution in [2.24, 2.45) is 0 Å². The monoisotopic (exact) mass is 952 g/mol. The Kier molecular flexibility index (Phi) is 14.5. The molecule has 10 heteroatoms. The molecule has 0 bridgehead atoms. The van der Waals surface area contributed by atoms with Gasteiger partial charge in [0, 0.05) is 41.2 Å². The second-order valence-electron chi connectivity index (χ2n) is 15.9. The van der Waals surface area contributed by atoms with Crippen LogP contribution >= 0.6 is 46.4 Å². The predicted octanol–water partition coefficient (Wildman–Crippen LogP) is 15.3. The van der Waals surface area contributed by atoms with Crippen molar-refractivity contribution in [3.8, 4) is 11.5 Å². The molecule has 0 saturated carbocycles. The van der Waals surface area contributed by atoms with Gasteiger partial charge in [-0.25, -0.2) is 4.79 Å². The largest absolute Gasteiger partial charge is 0.497 e. The lowest BCUT2D eigenvalue weighted by molar-refractivity contribution is 0.0300. The third kappa shape index (κ3) is 9.70. The molecule has 0 spiro atoms. The fraction of sp³-hybridized carbons (Fsp3) is 0.161. The van der Waals surface area contributed by atoms with Crippen molar-refractivity contribution in [2.75, 3.05) is 24.9 Å². The topological polar surface area (TPSA) is 68.8 Å². The lowest BCUT2D eigenvalue weighted by atomic mass is 9.82. The molecule has 0 unspecified atom stereocenters. The zero-order valence-corrected chi connectivity index (χ0v) is 40.0. The van der Waals surface area contributed by atoms with Crippen molar-refractivity contribution >= 4 is 74.9 Å². The molecule has 334 valence electrons. The summed E-state index contributed by atoms with van der Waals surface area (Å²) in [5.41, 5.74) is 9.56. The molecule has 0 amide bonds. The van der Waals surface area contributed by atoms with Crippen molar-refractivity contribution in [3.63, 3.8) is 0 Å². The van der Waals surface area contributed by atoms with Gasteiger partial charge in [0.25, 0.3) is 0 Å². The summed E-state index contributed by atoms with van der Waals surface area (Å²) in [5.74, 6) is 0.648. The summed E-state index contributed by atoms with van der Waals surface area (Å²) < 4.78 is 18.0. The first-order valence-electron chi connectivity index (χ1n) is 21.7. The van der Waals surface area contributed by atoms with Gasteiger partial charge in [0.05, 0.1) is 39.9 Å². The second-order valence-corrected chi connectivity index (χ2v) is 17.4. The molecule has 0 atom stereocenters. The molecule has 66 heavy (non-hydrogen) atoms. The molecule has 1 aliphatic heterocycles. The van der Waals surface area contributed by atoms with Crippen LogP contribution in [0.3, 0.4) is 0 Å². The number of rotatable bonds is 16. The molecular weight excluding hydrogens is 906 g/mol. The zero-order valence-electron chi connectivity index (χ0n) is 37.0. The smallest absolute Gasteiger partial charge is 0.341 e. The summed E-state index contributed by atoms with van der Waals surface area (Å²) in [6.45, 7) is 5.37. The average Bonchev–Trinajstić information content (AvgIpc) is 3.66. The molecule has 7 aromatic carbocycles. The van der Waals surface area contributed by atoms with Crippen molar-refractivity contribution in [1.82, 2.24) is 0 Å². The van der Waals surface area contributed by atoms with Crippen LogP contribution in [0, 0.1) is 0 Å². The first kappa shape index (κ1) is 46.4. The molecule has 0 saturated heterocycles. The predicted molar refractivity (Wildman–Crippen MR) is 273 cm³/mol. The van der Waals surface area contributed by atoms with E-state index in [1.165, 1.54) is 0 Å². The van der Waals surface area contributed by atoms with Gasteiger partial charge in [-0.2, -0.15) is 0 Å². The first-order valence-corrected chi connectivity index (χ1v) is 23.2. The van der Waals surface area contributed by atoms with E-state index in [0.717, 1.165) is 79.9 Å². The highest BCUT2D eigenvalue weighted by Gasteiger charge is 2.48. The molecule has 0 aromatic heterocycles. The van der Waals surface area contributed by atoms with Crippen molar-refractivity contribution in [3.05, 3.63) is 233 Å². The van der Waals surface area contributed by atoms with Crippen LogP contribution in [0.2, 0.25) is 20.1 Å². The minimum absolute atomic E-state index is 0.00131. The minimum atomic E-state index is -1.74. The summed E-state index contributed by atoms with van der Waals surface area (Å²) in [5, 5.41) is 7.41. The van der Waals surface area contributed by atoms with Gasteiger partial charge in [-0.15, -0.1) is 0 Å². The van der Waals surface area contributed by atoms with Gasteiger partial charge >= 0.3 is 5.97 Å². The van der Waals surface area contributed by atoms with Crippen LogP contribution in [-0.2, 0) is 36.3 Å².